The largest absolute Gasteiger partial charge is 0.309 e. The monoisotopic (exact) mass is 425 g/mol. The molecule has 0 aliphatic heterocycles. The van der Waals surface area contributed by atoms with Crippen molar-refractivity contribution in [3.8, 4) is 0 Å². The van der Waals surface area contributed by atoms with E-state index < -0.39 is 14.6 Å². The average Bonchev–Trinajstić information content (AvgIpc) is 2.29. The lowest BCUT2D eigenvalue weighted by molar-refractivity contribution is 0.427. The topological polar surface area (TPSA) is 46.2 Å². The first kappa shape index (κ1) is 18.1. The number of sulfone groups is 1. The lowest BCUT2D eigenvalue weighted by Gasteiger charge is -2.34. The Hall–Kier alpha value is 0.0900. The lowest BCUT2D eigenvalue weighted by Crippen LogP contribution is -2.45. The Labute approximate surface area is 138 Å². The van der Waals surface area contributed by atoms with Gasteiger partial charge >= 0.3 is 0 Å². The molecular formula is C14H21Br2NO2S. The van der Waals surface area contributed by atoms with Crippen LogP contribution >= 0.6 is 31.9 Å². The van der Waals surface area contributed by atoms with Crippen molar-refractivity contribution in [2.45, 2.75) is 38.5 Å². The maximum atomic E-state index is 12.1. The number of rotatable bonds is 5. The Balaban J connectivity index is 3.46. The summed E-state index contributed by atoms with van der Waals surface area (Å²) in [7, 11) is -3.21. The molecule has 0 saturated heterocycles. The molecule has 1 rings (SSSR count). The SMILES string of the molecule is CCNC(c1cc(Br)c(C)cc1Br)C(C)(C)S(C)(=O)=O. The van der Waals surface area contributed by atoms with Crippen molar-refractivity contribution in [3.63, 3.8) is 0 Å². The van der Waals surface area contributed by atoms with Crippen molar-refractivity contribution in [3.05, 3.63) is 32.2 Å². The second-order valence-electron chi connectivity index (χ2n) is 5.49. The Morgan fingerprint density at radius 3 is 2.25 bits per heavy atom. The first-order valence-electron chi connectivity index (χ1n) is 6.41. The zero-order valence-electron chi connectivity index (χ0n) is 12.4. The van der Waals surface area contributed by atoms with Crippen LogP contribution in [0.5, 0.6) is 0 Å². The van der Waals surface area contributed by atoms with Crippen LogP contribution in [-0.2, 0) is 9.84 Å². The van der Waals surface area contributed by atoms with E-state index in [1.807, 2.05) is 26.0 Å². The molecule has 1 N–H and O–H groups in total. The maximum Gasteiger partial charge on any atom is 0.154 e. The summed E-state index contributed by atoms with van der Waals surface area (Å²) in [4.78, 5) is 0. The van der Waals surface area contributed by atoms with Gasteiger partial charge in [-0.25, -0.2) is 8.42 Å². The van der Waals surface area contributed by atoms with Crippen LogP contribution in [0, 0.1) is 6.92 Å². The molecular weight excluding hydrogens is 406 g/mol. The second-order valence-corrected chi connectivity index (χ2v) is 9.79. The van der Waals surface area contributed by atoms with E-state index >= 15 is 0 Å². The van der Waals surface area contributed by atoms with Gasteiger partial charge in [0.2, 0.25) is 0 Å². The van der Waals surface area contributed by atoms with E-state index in [1.54, 1.807) is 13.8 Å². The van der Waals surface area contributed by atoms with E-state index in [1.165, 1.54) is 6.26 Å². The van der Waals surface area contributed by atoms with Gasteiger partial charge in [-0.05, 0) is 50.6 Å². The highest BCUT2D eigenvalue weighted by molar-refractivity contribution is 9.11. The number of nitrogens with one attached hydrogen (secondary N) is 1. The van der Waals surface area contributed by atoms with Gasteiger partial charge in [0.1, 0.15) is 0 Å². The summed E-state index contributed by atoms with van der Waals surface area (Å²) >= 11 is 7.07. The Morgan fingerprint density at radius 1 is 1.25 bits per heavy atom. The van der Waals surface area contributed by atoms with E-state index in [2.05, 4.69) is 37.2 Å². The number of halogens is 2. The molecule has 1 aromatic carbocycles. The number of hydrogen-bond donors (Lipinski definition) is 1. The van der Waals surface area contributed by atoms with Crippen molar-refractivity contribution < 1.29 is 8.42 Å². The van der Waals surface area contributed by atoms with Crippen LogP contribution in [0.25, 0.3) is 0 Å². The molecule has 20 heavy (non-hydrogen) atoms. The van der Waals surface area contributed by atoms with Gasteiger partial charge in [0, 0.05) is 15.2 Å². The minimum Gasteiger partial charge on any atom is -0.309 e. The molecule has 0 radical (unpaired) electrons. The lowest BCUT2D eigenvalue weighted by atomic mass is 9.94. The van der Waals surface area contributed by atoms with Gasteiger partial charge in [-0.3, -0.25) is 0 Å². The van der Waals surface area contributed by atoms with Crippen LogP contribution in [0.2, 0.25) is 0 Å². The van der Waals surface area contributed by atoms with Gasteiger partial charge in [0.15, 0.2) is 9.84 Å². The van der Waals surface area contributed by atoms with Gasteiger partial charge in [0.25, 0.3) is 0 Å². The van der Waals surface area contributed by atoms with E-state index in [0.717, 1.165) is 20.1 Å². The summed E-state index contributed by atoms with van der Waals surface area (Å²) in [6.45, 7) is 8.19. The molecule has 1 atom stereocenters. The third-order valence-electron chi connectivity index (χ3n) is 3.65. The summed E-state index contributed by atoms with van der Waals surface area (Å²) < 4.78 is 25.3. The standard InChI is InChI=1S/C14H21Br2NO2S/c1-6-17-13(14(3,4)20(5,18)19)10-8-11(15)9(2)7-12(10)16/h7-8,13,17H,6H2,1-5H3. The van der Waals surface area contributed by atoms with Crippen molar-refractivity contribution in [1.29, 1.82) is 0 Å². The van der Waals surface area contributed by atoms with E-state index in [4.69, 9.17) is 0 Å². The van der Waals surface area contributed by atoms with Crippen LogP contribution < -0.4 is 5.32 Å². The maximum absolute atomic E-state index is 12.1. The van der Waals surface area contributed by atoms with Crippen molar-refractivity contribution in [2.24, 2.45) is 0 Å². The van der Waals surface area contributed by atoms with Crippen molar-refractivity contribution in [2.75, 3.05) is 12.8 Å². The van der Waals surface area contributed by atoms with Crippen molar-refractivity contribution >= 4 is 41.7 Å². The second kappa shape index (κ2) is 6.46. The number of benzene rings is 1. The molecule has 0 bridgehead atoms. The van der Waals surface area contributed by atoms with E-state index in [0.29, 0.717) is 6.54 Å². The first-order chi connectivity index (χ1) is 9.02. The van der Waals surface area contributed by atoms with Gasteiger partial charge < -0.3 is 5.32 Å². The fourth-order valence-corrected chi connectivity index (χ4v) is 3.72. The average molecular weight is 427 g/mol. The Morgan fingerprint density at radius 2 is 1.80 bits per heavy atom. The van der Waals surface area contributed by atoms with Gasteiger partial charge in [-0.15, -0.1) is 0 Å². The molecule has 1 aromatic rings. The number of hydrogen-bond acceptors (Lipinski definition) is 3. The predicted molar refractivity (Wildman–Crippen MR) is 91.9 cm³/mol. The van der Waals surface area contributed by atoms with E-state index in [-0.39, 0.29) is 6.04 Å². The highest BCUT2D eigenvalue weighted by Gasteiger charge is 2.40. The molecule has 114 valence electrons. The quantitative estimate of drug-likeness (QED) is 0.773. The molecule has 0 aliphatic carbocycles. The molecule has 0 spiro atoms. The summed E-state index contributed by atoms with van der Waals surface area (Å²) in [5.41, 5.74) is 2.05. The predicted octanol–water partition coefficient (Wildman–Crippen LogP) is 3.99. The fourth-order valence-electron chi connectivity index (χ4n) is 2.03. The normalized spacial score (nSPS) is 14.3. The third-order valence-corrected chi connectivity index (χ3v) is 7.34. The van der Waals surface area contributed by atoms with Crippen LogP contribution in [0.4, 0.5) is 0 Å². The van der Waals surface area contributed by atoms with Gasteiger partial charge in [-0.2, -0.15) is 0 Å². The Kier molecular flexibility index (Phi) is 5.86. The Bertz CT molecular complexity index is 597. The third kappa shape index (κ3) is 3.64. The summed E-state index contributed by atoms with van der Waals surface area (Å²) in [5, 5.41) is 3.30. The zero-order chi connectivity index (χ0) is 15.7. The molecule has 0 saturated carbocycles. The summed E-state index contributed by atoms with van der Waals surface area (Å²) in [6, 6.07) is 3.70. The molecule has 6 heteroatoms. The van der Waals surface area contributed by atoms with Crippen molar-refractivity contribution in [1.82, 2.24) is 5.32 Å². The van der Waals surface area contributed by atoms with Crippen LogP contribution in [0.15, 0.2) is 21.1 Å². The summed E-state index contributed by atoms with van der Waals surface area (Å²) in [5.74, 6) is 0. The smallest absolute Gasteiger partial charge is 0.154 e. The van der Waals surface area contributed by atoms with Gasteiger partial charge in [0.05, 0.1) is 10.8 Å². The summed E-state index contributed by atoms with van der Waals surface area (Å²) in [6.07, 6.45) is 1.29. The number of aryl methyl sites for hydroxylation is 1. The molecule has 0 aliphatic rings. The minimum atomic E-state index is -3.21. The highest BCUT2D eigenvalue weighted by Crippen LogP contribution is 2.38. The molecule has 0 fully saturated rings. The van der Waals surface area contributed by atoms with E-state index in [9.17, 15) is 8.42 Å². The highest BCUT2D eigenvalue weighted by atomic mass is 79.9. The van der Waals surface area contributed by atoms with Crippen LogP contribution in [0.3, 0.4) is 0 Å². The fraction of sp³-hybridized carbons (Fsp3) is 0.571. The first-order valence-corrected chi connectivity index (χ1v) is 9.88. The molecule has 0 heterocycles. The van der Waals surface area contributed by atoms with Gasteiger partial charge in [-0.1, -0.05) is 38.8 Å². The van der Waals surface area contributed by atoms with Crippen LogP contribution in [0.1, 0.15) is 37.9 Å². The molecule has 0 amide bonds. The molecule has 0 aromatic heterocycles. The molecule has 1 unspecified atom stereocenters. The van der Waals surface area contributed by atoms with Crippen LogP contribution in [-0.4, -0.2) is 26.0 Å². The zero-order valence-corrected chi connectivity index (χ0v) is 16.4. The molecule has 3 nitrogen and oxygen atoms in total. The minimum absolute atomic E-state index is 0.284.